The molecule has 1 saturated carbocycles. The van der Waals surface area contributed by atoms with Gasteiger partial charge in [0, 0.05) is 12.7 Å². The number of nitrogens with zero attached hydrogens (tertiary/aromatic N) is 2. The molecule has 30 heavy (non-hydrogen) atoms. The van der Waals surface area contributed by atoms with Gasteiger partial charge in [-0.25, -0.2) is 13.4 Å². The van der Waals surface area contributed by atoms with Crippen molar-refractivity contribution < 1.29 is 35.9 Å². The molecular formula is C16H20ClF3N4O5S. The van der Waals surface area contributed by atoms with E-state index in [0.29, 0.717) is 0 Å². The smallest absolute Gasteiger partial charge is 0.474 e. The van der Waals surface area contributed by atoms with Crippen LogP contribution < -0.4 is 15.8 Å². The van der Waals surface area contributed by atoms with Crippen LogP contribution in [-0.4, -0.2) is 59.7 Å². The van der Waals surface area contributed by atoms with E-state index in [9.17, 15) is 31.2 Å². The Hall–Kier alpha value is -2.12. The Labute approximate surface area is 175 Å². The Bertz CT molecular complexity index is 906. The molecule has 2 amide bonds. The summed E-state index contributed by atoms with van der Waals surface area (Å²) in [7, 11) is -6.00. The highest BCUT2D eigenvalue weighted by Crippen LogP contribution is 2.34. The quantitative estimate of drug-likeness (QED) is 0.388. The van der Waals surface area contributed by atoms with Gasteiger partial charge < -0.3 is 15.8 Å². The first kappa shape index (κ1) is 24.2. The molecule has 1 aliphatic rings. The van der Waals surface area contributed by atoms with E-state index >= 15 is 0 Å². The minimum absolute atomic E-state index is 0.183. The zero-order valence-electron chi connectivity index (χ0n) is 15.8. The van der Waals surface area contributed by atoms with Gasteiger partial charge >= 0.3 is 15.5 Å². The maximum Gasteiger partial charge on any atom is 0.511 e. The van der Waals surface area contributed by atoms with Gasteiger partial charge in [0.25, 0.3) is 5.91 Å². The number of nitrogens with two attached hydrogens (primary N) is 1. The van der Waals surface area contributed by atoms with Gasteiger partial charge in [0.05, 0.1) is 6.54 Å². The van der Waals surface area contributed by atoms with Crippen molar-refractivity contribution in [1.82, 2.24) is 14.6 Å². The molecule has 2 rings (SSSR count). The summed E-state index contributed by atoms with van der Waals surface area (Å²) in [6.45, 7) is -0.886. The Morgan fingerprint density at radius 3 is 2.57 bits per heavy atom. The Morgan fingerprint density at radius 1 is 1.40 bits per heavy atom. The van der Waals surface area contributed by atoms with Crippen LogP contribution in [0.15, 0.2) is 18.3 Å². The third kappa shape index (κ3) is 5.95. The van der Waals surface area contributed by atoms with Crippen LogP contribution in [0.3, 0.4) is 0 Å². The van der Waals surface area contributed by atoms with Crippen molar-refractivity contribution in [2.45, 2.75) is 30.3 Å². The van der Waals surface area contributed by atoms with Crippen molar-refractivity contribution in [1.29, 1.82) is 0 Å². The summed E-state index contributed by atoms with van der Waals surface area (Å²) >= 11 is 6.09. The number of amides is 2. The molecule has 168 valence electrons. The molecule has 0 spiro atoms. The number of aromatic nitrogens is 1. The van der Waals surface area contributed by atoms with Crippen molar-refractivity contribution in [3.63, 3.8) is 0 Å². The van der Waals surface area contributed by atoms with Gasteiger partial charge in [0.15, 0.2) is 0 Å². The van der Waals surface area contributed by atoms with Gasteiger partial charge in [-0.3, -0.25) is 9.59 Å². The number of carbonyl (C=O) groups excluding carboxylic acids is 2. The van der Waals surface area contributed by atoms with Crippen LogP contribution in [0.25, 0.3) is 0 Å². The first-order valence-corrected chi connectivity index (χ1v) is 10.5. The average Bonchev–Trinajstić information content (AvgIpc) is 3.46. The summed E-state index contributed by atoms with van der Waals surface area (Å²) in [5.41, 5.74) is -0.719. The molecule has 0 unspecified atom stereocenters. The van der Waals surface area contributed by atoms with E-state index in [0.717, 1.165) is 19.8 Å². The molecule has 1 aromatic rings. The third-order valence-electron chi connectivity index (χ3n) is 4.18. The van der Waals surface area contributed by atoms with E-state index < -0.39 is 45.5 Å². The van der Waals surface area contributed by atoms with E-state index in [-0.39, 0.29) is 28.2 Å². The normalized spacial score (nSPS) is 16.7. The lowest BCUT2D eigenvalue weighted by molar-refractivity contribution is -0.122. The fourth-order valence-corrected chi connectivity index (χ4v) is 3.84. The topological polar surface area (TPSA) is 132 Å². The van der Waals surface area contributed by atoms with Gasteiger partial charge in [0.1, 0.15) is 17.2 Å². The molecule has 3 N–H and O–H groups in total. The highest BCUT2D eigenvalue weighted by molar-refractivity contribution is 7.90. The highest BCUT2D eigenvalue weighted by atomic mass is 35.5. The number of rotatable bonds is 10. The van der Waals surface area contributed by atoms with Crippen molar-refractivity contribution in [3.8, 4) is 5.88 Å². The summed E-state index contributed by atoms with van der Waals surface area (Å²) in [6, 6.07) is 2.63. The zero-order valence-corrected chi connectivity index (χ0v) is 17.4. The lowest BCUT2D eigenvalue weighted by atomic mass is 10.2. The second-order valence-electron chi connectivity index (χ2n) is 6.86. The minimum atomic E-state index is -6.00. The molecule has 14 heteroatoms. The number of primary amides is 1. The summed E-state index contributed by atoms with van der Waals surface area (Å²) < 4.78 is 68.7. The van der Waals surface area contributed by atoms with Crippen LogP contribution in [0.2, 0.25) is 0 Å². The lowest BCUT2D eigenvalue weighted by Gasteiger charge is -2.34. The van der Waals surface area contributed by atoms with E-state index in [1.165, 1.54) is 18.3 Å². The monoisotopic (exact) mass is 472 g/mol. The fraction of sp³-hybridized carbons (Fsp3) is 0.562. The number of carbonyl (C=O) groups is 2. The number of hydrogen-bond acceptors (Lipinski definition) is 6. The van der Waals surface area contributed by atoms with Crippen LogP contribution in [0.4, 0.5) is 13.2 Å². The number of pyridine rings is 1. The predicted octanol–water partition coefficient (Wildman–Crippen LogP) is 1.19. The molecule has 1 aliphatic carbocycles. The zero-order chi connectivity index (χ0) is 22.7. The molecule has 1 fully saturated rings. The van der Waals surface area contributed by atoms with Crippen molar-refractivity contribution in [2.24, 2.45) is 11.7 Å². The Kier molecular flexibility index (Phi) is 7.20. The van der Waals surface area contributed by atoms with E-state index in [1.807, 2.05) is 0 Å². The molecule has 0 bridgehead atoms. The summed E-state index contributed by atoms with van der Waals surface area (Å²) in [6.07, 6.45) is 2.97. The van der Waals surface area contributed by atoms with E-state index in [2.05, 4.69) is 10.3 Å². The largest absolute Gasteiger partial charge is 0.511 e. The van der Waals surface area contributed by atoms with Gasteiger partial charge in [0.2, 0.25) is 11.8 Å². The summed E-state index contributed by atoms with van der Waals surface area (Å²) in [5, 5.41) is 2.38. The molecule has 1 aromatic heterocycles. The van der Waals surface area contributed by atoms with Crippen molar-refractivity contribution in [2.75, 3.05) is 19.7 Å². The Balaban J connectivity index is 2.24. The van der Waals surface area contributed by atoms with Crippen LogP contribution >= 0.6 is 11.6 Å². The van der Waals surface area contributed by atoms with Crippen LogP contribution in [0.1, 0.15) is 30.1 Å². The van der Waals surface area contributed by atoms with Gasteiger partial charge in [-0.05, 0) is 37.8 Å². The number of ether oxygens (including phenoxy) is 1. The SMILES string of the molecule is C[C@](Cl)(COc1ncccc1C(N)=O)N(CC(=O)NCC1CC1)S(=O)(=O)C(F)(F)F. The van der Waals surface area contributed by atoms with Crippen LogP contribution in [0, 0.1) is 5.92 Å². The second kappa shape index (κ2) is 8.94. The number of halogens is 4. The standard InChI is InChI=1S/C16H20ClF3N4O5S/c1-15(17,9-29-14-11(13(21)26)3-2-6-22-14)24(30(27,28)16(18,19)20)8-12(25)23-7-10-4-5-10/h2-3,6,10H,4-5,7-9H2,1H3,(H2,21,26)(H,23,25)/t15-/m1/s1. The van der Waals surface area contributed by atoms with Crippen molar-refractivity contribution >= 4 is 33.4 Å². The molecule has 9 nitrogen and oxygen atoms in total. The summed E-state index contributed by atoms with van der Waals surface area (Å²) in [5.74, 6) is -1.99. The van der Waals surface area contributed by atoms with Crippen LogP contribution in [-0.2, 0) is 14.8 Å². The Morgan fingerprint density at radius 2 is 2.03 bits per heavy atom. The van der Waals surface area contributed by atoms with Gasteiger partial charge in [-0.2, -0.15) is 17.5 Å². The number of alkyl halides is 4. The minimum Gasteiger partial charge on any atom is -0.474 e. The molecule has 0 saturated heterocycles. The third-order valence-corrected chi connectivity index (χ3v) is 6.29. The predicted molar refractivity (Wildman–Crippen MR) is 99.9 cm³/mol. The van der Waals surface area contributed by atoms with Crippen molar-refractivity contribution in [3.05, 3.63) is 23.9 Å². The molecule has 0 aromatic carbocycles. The van der Waals surface area contributed by atoms with Gasteiger partial charge in [-0.1, -0.05) is 11.6 Å². The molecular weight excluding hydrogens is 453 g/mol. The first-order valence-electron chi connectivity index (χ1n) is 8.68. The fourth-order valence-electron chi connectivity index (χ4n) is 2.36. The van der Waals surface area contributed by atoms with Gasteiger partial charge in [-0.15, -0.1) is 0 Å². The number of sulfonamides is 1. The number of hydrogen-bond donors (Lipinski definition) is 2. The second-order valence-corrected chi connectivity index (χ2v) is 9.52. The first-order chi connectivity index (χ1) is 13.8. The molecule has 0 radical (unpaired) electrons. The van der Waals surface area contributed by atoms with E-state index in [1.54, 1.807) is 0 Å². The maximum atomic E-state index is 13.2. The molecule has 1 heterocycles. The summed E-state index contributed by atoms with van der Waals surface area (Å²) in [4.78, 5) is 24.9. The average molecular weight is 473 g/mol. The molecule has 0 aliphatic heterocycles. The highest BCUT2D eigenvalue weighted by Gasteiger charge is 2.55. The van der Waals surface area contributed by atoms with E-state index in [4.69, 9.17) is 22.1 Å². The lowest BCUT2D eigenvalue weighted by Crippen LogP contribution is -2.56. The molecule has 1 atom stereocenters. The number of nitrogens with one attached hydrogen (secondary N) is 1. The maximum absolute atomic E-state index is 13.2. The van der Waals surface area contributed by atoms with Crippen LogP contribution in [0.5, 0.6) is 5.88 Å².